The molecular weight excluding hydrogens is 250 g/mol. The Kier molecular flexibility index (Phi) is 4.71. The van der Waals surface area contributed by atoms with Gasteiger partial charge in [0.15, 0.2) is 0 Å². The second-order valence-corrected chi connectivity index (χ2v) is 6.15. The fourth-order valence-electron chi connectivity index (χ4n) is 2.67. The minimum atomic E-state index is 0.163. The summed E-state index contributed by atoms with van der Waals surface area (Å²) in [6, 6.07) is 9.40. The second-order valence-electron chi connectivity index (χ2n) is 6.15. The number of nitrogens with one attached hydrogen (secondary N) is 1. The Bertz CT molecular complexity index is 425. The summed E-state index contributed by atoms with van der Waals surface area (Å²) in [5.41, 5.74) is 2.59. The molecule has 3 nitrogen and oxygen atoms in total. The molecule has 1 heterocycles. The lowest BCUT2D eigenvalue weighted by molar-refractivity contribution is 0.0251. The molecule has 2 atom stereocenters. The van der Waals surface area contributed by atoms with Gasteiger partial charge >= 0.3 is 0 Å². The highest BCUT2D eigenvalue weighted by atomic mass is 16.5. The first-order chi connectivity index (χ1) is 9.81. The summed E-state index contributed by atoms with van der Waals surface area (Å²) in [5.74, 6) is 0.572. The van der Waals surface area contributed by atoms with Crippen LogP contribution in [0.5, 0.6) is 0 Å². The summed E-state index contributed by atoms with van der Waals surface area (Å²) in [7, 11) is 0. The lowest BCUT2D eigenvalue weighted by atomic mass is 10.1. The van der Waals surface area contributed by atoms with Gasteiger partial charge in [0.25, 0.3) is 0 Å². The first kappa shape index (κ1) is 14.1. The van der Waals surface area contributed by atoms with E-state index >= 15 is 0 Å². The van der Waals surface area contributed by atoms with Crippen molar-refractivity contribution in [1.29, 1.82) is 0 Å². The van der Waals surface area contributed by atoms with Gasteiger partial charge in [0.05, 0.1) is 19.3 Å². The van der Waals surface area contributed by atoms with E-state index in [0.717, 1.165) is 38.8 Å². The maximum absolute atomic E-state index is 6.20. The number of aryl methyl sites for hydroxylation is 1. The van der Waals surface area contributed by atoms with E-state index in [1.54, 1.807) is 0 Å². The third-order valence-electron chi connectivity index (χ3n) is 4.14. The van der Waals surface area contributed by atoms with Crippen LogP contribution in [-0.2, 0) is 9.47 Å². The van der Waals surface area contributed by atoms with Gasteiger partial charge in [0, 0.05) is 25.1 Å². The first-order valence-electron chi connectivity index (χ1n) is 7.80. The molecule has 0 amide bonds. The second kappa shape index (κ2) is 6.70. The summed E-state index contributed by atoms with van der Waals surface area (Å²) >= 11 is 0. The summed E-state index contributed by atoms with van der Waals surface area (Å²) in [6.07, 6.45) is 3.93. The topological polar surface area (TPSA) is 30.5 Å². The average molecular weight is 275 g/mol. The van der Waals surface area contributed by atoms with Gasteiger partial charge in [0.1, 0.15) is 0 Å². The van der Waals surface area contributed by atoms with E-state index in [1.165, 1.54) is 24.0 Å². The van der Waals surface area contributed by atoms with Crippen LogP contribution in [0, 0.1) is 12.8 Å². The molecule has 1 aromatic rings. The van der Waals surface area contributed by atoms with Crippen molar-refractivity contribution in [1.82, 2.24) is 5.32 Å². The predicted molar refractivity (Wildman–Crippen MR) is 79.8 cm³/mol. The monoisotopic (exact) mass is 275 g/mol. The average Bonchev–Trinajstić information content (AvgIpc) is 3.13. The number of ether oxygens (including phenoxy) is 2. The summed E-state index contributed by atoms with van der Waals surface area (Å²) in [6.45, 7) is 5.62. The molecular formula is C17H25NO2. The summed E-state index contributed by atoms with van der Waals surface area (Å²) < 4.78 is 11.6. The number of hydrogen-bond donors (Lipinski definition) is 1. The van der Waals surface area contributed by atoms with Crippen LogP contribution >= 0.6 is 0 Å². The molecule has 2 unspecified atom stereocenters. The van der Waals surface area contributed by atoms with Crippen molar-refractivity contribution < 1.29 is 9.47 Å². The Balaban J connectivity index is 1.59. The third kappa shape index (κ3) is 4.05. The quantitative estimate of drug-likeness (QED) is 0.830. The van der Waals surface area contributed by atoms with Crippen LogP contribution in [0.3, 0.4) is 0 Å². The Hall–Kier alpha value is -0.900. The predicted octanol–water partition coefficient (Wildman–Crippen LogP) is 2.84. The van der Waals surface area contributed by atoms with Crippen LogP contribution in [0.15, 0.2) is 24.3 Å². The van der Waals surface area contributed by atoms with Gasteiger partial charge < -0.3 is 14.8 Å². The molecule has 1 aliphatic carbocycles. The zero-order valence-electron chi connectivity index (χ0n) is 12.3. The molecule has 0 radical (unpaired) electrons. The molecule has 3 rings (SSSR count). The highest BCUT2D eigenvalue weighted by Gasteiger charge is 2.24. The number of rotatable bonds is 7. The minimum absolute atomic E-state index is 0.163. The summed E-state index contributed by atoms with van der Waals surface area (Å²) in [5, 5.41) is 3.59. The largest absolute Gasteiger partial charge is 0.381 e. The van der Waals surface area contributed by atoms with Crippen LogP contribution in [0.1, 0.15) is 36.5 Å². The van der Waals surface area contributed by atoms with Crippen LogP contribution in [0.2, 0.25) is 0 Å². The zero-order valence-corrected chi connectivity index (χ0v) is 12.3. The van der Waals surface area contributed by atoms with E-state index < -0.39 is 0 Å². The third-order valence-corrected chi connectivity index (χ3v) is 4.14. The fourth-order valence-corrected chi connectivity index (χ4v) is 2.67. The van der Waals surface area contributed by atoms with Crippen LogP contribution in [-0.4, -0.2) is 32.4 Å². The van der Waals surface area contributed by atoms with Crippen molar-refractivity contribution >= 4 is 0 Å². The molecule has 0 bridgehead atoms. The normalized spacial score (nSPS) is 23.9. The molecule has 20 heavy (non-hydrogen) atoms. The maximum atomic E-state index is 6.20. The van der Waals surface area contributed by atoms with E-state index in [4.69, 9.17) is 9.47 Å². The molecule has 1 aromatic carbocycles. The van der Waals surface area contributed by atoms with Crippen LogP contribution in [0.25, 0.3) is 0 Å². The molecule has 1 saturated carbocycles. The molecule has 1 saturated heterocycles. The molecule has 1 aliphatic heterocycles. The van der Waals surface area contributed by atoms with Crippen molar-refractivity contribution in [3.05, 3.63) is 35.4 Å². The molecule has 3 heteroatoms. The zero-order chi connectivity index (χ0) is 13.8. The van der Waals surface area contributed by atoms with Gasteiger partial charge in [-0.25, -0.2) is 0 Å². The summed E-state index contributed by atoms with van der Waals surface area (Å²) in [4.78, 5) is 0. The van der Waals surface area contributed by atoms with E-state index in [-0.39, 0.29) is 6.10 Å². The first-order valence-corrected chi connectivity index (χ1v) is 7.80. The molecule has 0 spiro atoms. The molecule has 2 aliphatic rings. The number of hydrogen-bond acceptors (Lipinski definition) is 3. The van der Waals surface area contributed by atoms with Gasteiger partial charge in [-0.2, -0.15) is 0 Å². The van der Waals surface area contributed by atoms with Crippen molar-refractivity contribution in [3.8, 4) is 0 Å². The Labute approximate surface area is 121 Å². The minimum Gasteiger partial charge on any atom is -0.381 e. The highest BCUT2D eigenvalue weighted by molar-refractivity contribution is 5.24. The van der Waals surface area contributed by atoms with Crippen molar-refractivity contribution in [2.45, 2.75) is 38.3 Å². The maximum Gasteiger partial charge on any atom is 0.0949 e. The SMILES string of the molecule is Cc1cccc(C(CNC2CC2)OCC2CCOC2)c1. The lowest BCUT2D eigenvalue weighted by Crippen LogP contribution is -2.26. The standard InChI is InChI=1S/C17H25NO2/c1-13-3-2-4-15(9-13)17(10-18-16-5-6-16)20-12-14-7-8-19-11-14/h2-4,9,14,16-18H,5-8,10-12H2,1H3. The van der Waals surface area contributed by atoms with E-state index in [9.17, 15) is 0 Å². The molecule has 110 valence electrons. The van der Waals surface area contributed by atoms with E-state index in [0.29, 0.717) is 5.92 Å². The lowest BCUT2D eigenvalue weighted by Gasteiger charge is -2.21. The van der Waals surface area contributed by atoms with Gasteiger partial charge in [-0.05, 0) is 31.7 Å². The smallest absolute Gasteiger partial charge is 0.0949 e. The van der Waals surface area contributed by atoms with Gasteiger partial charge in [-0.3, -0.25) is 0 Å². The molecule has 2 fully saturated rings. The van der Waals surface area contributed by atoms with Gasteiger partial charge in [-0.1, -0.05) is 29.8 Å². The fraction of sp³-hybridized carbons (Fsp3) is 0.647. The van der Waals surface area contributed by atoms with Gasteiger partial charge in [-0.15, -0.1) is 0 Å². The van der Waals surface area contributed by atoms with Crippen LogP contribution < -0.4 is 5.32 Å². The van der Waals surface area contributed by atoms with E-state index in [2.05, 4.69) is 36.5 Å². The number of benzene rings is 1. The van der Waals surface area contributed by atoms with Crippen LogP contribution in [0.4, 0.5) is 0 Å². The van der Waals surface area contributed by atoms with Crippen molar-refractivity contribution in [2.24, 2.45) is 5.92 Å². The highest BCUT2D eigenvalue weighted by Crippen LogP contribution is 2.24. The Morgan fingerprint density at radius 1 is 1.35 bits per heavy atom. The molecule has 0 aromatic heterocycles. The molecule has 1 N–H and O–H groups in total. The van der Waals surface area contributed by atoms with E-state index in [1.807, 2.05) is 0 Å². The Morgan fingerprint density at radius 2 is 2.25 bits per heavy atom. The van der Waals surface area contributed by atoms with Gasteiger partial charge in [0.2, 0.25) is 0 Å². The van der Waals surface area contributed by atoms with Crippen molar-refractivity contribution in [2.75, 3.05) is 26.4 Å². The Morgan fingerprint density at radius 3 is 2.95 bits per heavy atom. The van der Waals surface area contributed by atoms with Crippen molar-refractivity contribution in [3.63, 3.8) is 0 Å².